The monoisotopic (exact) mass is 258 g/mol. The standard InChI is InChI=1S/C13H26N2OS/c1-2-12(1)11-16-9-7-15-8-10-17-13-3-5-14-6-4-13/h12-15H,1-11H2. The van der Waals surface area contributed by atoms with Crippen LogP contribution in [0.4, 0.5) is 0 Å². The third kappa shape index (κ3) is 6.65. The Morgan fingerprint density at radius 1 is 1.12 bits per heavy atom. The Bertz CT molecular complexity index is 194. The van der Waals surface area contributed by atoms with E-state index in [0.29, 0.717) is 0 Å². The fourth-order valence-corrected chi connectivity index (χ4v) is 3.23. The van der Waals surface area contributed by atoms with Crippen LogP contribution in [0.5, 0.6) is 0 Å². The Balaban J connectivity index is 1.31. The van der Waals surface area contributed by atoms with Gasteiger partial charge in [-0.3, -0.25) is 0 Å². The highest BCUT2D eigenvalue weighted by molar-refractivity contribution is 7.99. The van der Waals surface area contributed by atoms with Gasteiger partial charge in [0.05, 0.1) is 6.61 Å². The summed E-state index contributed by atoms with van der Waals surface area (Å²) in [5.41, 5.74) is 0. The zero-order chi connectivity index (χ0) is 11.8. The number of ether oxygens (including phenoxy) is 1. The quantitative estimate of drug-likeness (QED) is 0.614. The number of rotatable bonds is 9. The van der Waals surface area contributed by atoms with Gasteiger partial charge >= 0.3 is 0 Å². The van der Waals surface area contributed by atoms with Crippen LogP contribution in [-0.2, 0) is 4.74 Å². The van der Waals surface area contributed by atoms with Crippen molar-refractivity contribution in [1.29, 1.82) is 0 Å². The zero-order valence-corrected chi connectivity index (χ0v) is 11.6. The van der Waals surface area contributed by atoms with Gasteiger partial charge in [0.2, 0.25) is 0 Å². The van der Waals surface area contributed by atoms with Gasteiger partial charge in [-0.2, -0.15) is 11.8 Å². The second-order valence-electron chi connectivity index (χ2n) is 5.09. The molecule has 1 saturated carbocycles. The van der Waals surface area contributed by atoms with Gasteiger partial charge in [0.25, 0.3) is 0 Å². The van der Waals surface area contributed by atoms with E-state index in [1.165, 1.54) is 44.5 Å². The van der Waals surface area contributed by atoms with E-state index in [1.54, 1.807) is 0 Å². The average molecular weight is 258 g/mol. The molecule has 0 radical (unpaired) electrons. The van der Waals surface area contributed by atoms with E-state index in [2.05, 4.69) is 22.4 Å². The summed E-state index contributed by atoms with van der Waals surface area (Å²) in [4.78, 5) is 0. The second kappa shape index (κ2) is 8.35. The van der Waals surface area contributed by atoms with Crippen LogP contribution in [0, 0.1) is 5.92 Å². The topological polar surface area (TPSA) is 33.3 Å². The van der Waals surface area contributed by atoms with E-state index in [4.69, 9.17) is 4.74 Å². The first-order valence-electron chi connectivity index (χ1n) is 7.06. The molecule has 100 valence electrons. The van der Waals surface area contributed by atoms with E-state index in [9.17, 15) is 0 Å². The Labute approximate surface area is 109 Å². The van der Waals surface area contributed by atoms with Crippen LogP contribution in [0.1, 0.15) is 25.7 Å². The van der Waals surface area contributed by atoms with E-state index in [0.717, 1.165) is 37.5 Å². The van der Waals surface area contributed by atoms with E-state index >= 15 is 0 Å². The molecule has 2 rings (SSSR count). The molecular formula is C13H26N2OS. The molecule has 1 aliphatic carbocycles. The van der Waals surface area contributed by atoms with E-state index in [1.807, 2.05) is 0 Å². The summed E-state index contributed by atoms with van der Waals surface area (Å²) in [5, 5.41) is 7.76. The number of thioether (sulfide) groups is 1. The molecule has 4 heteroatoms. The summed E-state index contributed by atoms with van der Waals surface area (Å²) < 4.78 is 5.58. The average Bonchev–Trinajstić information content (AvgIpc) is 3.18. The van der Waals surface area contributed by atoms with Crippen molar-refractivity contribution < 1.29 is 4.74 Å². The highest BCUT2D eigenvalue weighted by Crippen LogP contribution is 2.28. The van der Waals surface area contributed by atoms with Gasteiger partial charge in [-0.25, -0.2) is 0 Å². The molecule has 0 unspecified atom stereocenters. The van der Waals surface area contributed by atoms with Gasteiger partial charge < -0.3 is 15.4 Å². The molecule has 2 N–H and O–H groups in total. The molecule has 0 atom stereocenters. The van der Waals surface area contributed by atoms with Crippen LogP contribution in [0.3, 0.4) is 0 Å². The van der Waals surface area contributed by atoms with Crippen LogP contribution in [0.25, 0.3) is 0 Å². The Kier molecular flexibility index (Phi) is 6.71. The fraction of sp³-hybridized carbons (Fsp3) is 1.00. The first-order valence-corrected chi connectivity index (χ1v) is 8.11. The molecule has 2 aliphatic rings. The fourth-order valence-electron chi connectivity index (χ4n) is 2.06. The molecule has 17 heavy (non-hydrogen) atoms. The third-order valence-corrected chi connectivity index (χ3v) is 4.77. The van der Waals surface area contributed by atoms with Crippen molar-refractivity contribution >= 4 is 11.8 Å². The lowest BCUT2D eigenvalue weighted by molar-refractivity contribution is 0.126. The van der Waals surface area contributed by atoms with Crippen molar-refractivity contribution in [1.82, 2.24) is 10.6 Å². The smallest absolute Gasteiger partial charge is 0.0591 e. The minimum Gasteiger partial charge on any atom is -0.380 e. The Hall–Kier alpha value is 0.230. The lowest BCUT2D eigenvalue weighted by Gasteiger charge is -2.21. The van der Waals surface area contributed by atoms with Crippen molar-refractivity contribution in [3.8, 4) is 0 Å². The van der Waals surface area contributed by atoms with Gasteiger partial charge in [0.1, 0.15) is 0 Å². The molecule has 2 fully saturated rings. The molecule has 0 aromatic carbocycles. The molecule has 0 aromatic rings. The van der Waals surface area contributed by atoms with Crippen LogP contribution in [0.2, 0.25) is 0 Å². The number of nitrogens with one attached hydrogen (secondary N) is 2. The summed E-state index contributed by atoms with van der Waals surface area (Å²) in [5.74, 6) is 2.14. The SMILES string of the molecule is C(COCC1CC1)NCCSC1CCNCC1. The third-order valence-electron chi connectivity index (χ3n) is 3.39. The molecule has 0 bridgehead atoms. The van der Waals surface area contributed by atoms with Crippen molar-refractivity contribution in [2.24, 2.45) is 5.92 Å². The predicted molar refractivity (Wildman–Crippen MR) is 74.8 cm³/mol. The summed E-state index contributed by atoms with van der Waals surface area (Å²) in [6.45, 7) is 6.43. The minimum absolute atomic E-state index is 0.883. The summed E-state index contributed by atoms with van der Waals surface area (Å²) in [6, 6.07) is 0. The van der Waals surface area contributed by atoms with Gasteiger partial charge in [-0.1, -0.05) is 0 Å². The van der Waals surface area contributed by atoms with Crippen molar-refractivity contribution in [3.05, 3.63) is 0 Å². The molecule has 0 aromatic heterocycles. The number of piperidine rings is 1. The van der Waals surface area contributed by atoms with Gasteiger partial charge in [-0.05, 0) is 44.7 Å². The largest absolute Gasteiger partial charge is 0.380 e. The van der Waals surface area contributed by atoms with Crippen LogP contribution in [0.15, 0.2) is 0 Å². The van der Waals surface area contributed by atoms with Crippen molar-refractivity contribution in [2.45, 2.75) is 30.9 Å². The maximum absolute atomic E-state index is 5.58. The molecule has 0 amide bonds. The molecular weight excluding hydrogens is 232 g/mol. The van der Waals surface area contributed by atoms with Gasteiger partial charge in [0.15, 0.2) is 0 Å². The zero-order valence-electron chi connectivity index (χ0n) is 10.7. The van der Waals surface area contributed by atoms with Crippen molar-refractivity contribution in [2.75, 3.05) is 45.1 Å². The molecule has 1 aliphatic heterocycles. The highest BCUT2D eigenvalue weighted by Gasteiger charge is 2.20. The minimum atomic E-state index is 0.883. The predicted octanol–water partition coefficient (Wildman–Crippen LogP) is 1.49. The maximum atomic E-state index is 5.58. The maximum Gasteiger partial charge on any atom is 0.0591 e. The van der Waals surface area contributed by atoms with Crippen molar-refractivity contribution in [3.63, 3.8) is 0 Å². The lowest BCUT2D eigenvalue weighted by Crippen LogP contribution is -2.30. The number of hydrogen-bond donors (Lipinski definition) is 2. The van der Waals surface area contributed by atoms with E-state index in [-0.39, 0.29) is 0 Å². The normalized spacial score (nSPS) is 21.9. The second-order valence-corrected chi connectivity index (χ2v) is 6.50. The van der Waals surface area contributed by atoms with E-state index < -0.39 is 0 Å². The van der Waals surface area contributed by atoms with Gasteiger partial charge in [-0.15, -0.1) is 0 Å². The summed E-state index contributed by atoms with van der Waals surface area (Å²) in [7, 11) is 0. The molecule has 1 saturated heterocycles. The first kappa shape index (κ1) is 13.7. The number of hydrogen-bond acceptors (Lipinski definition) is 4. The van der Waals surface area contributed by atoms with Crippen LogP contribution in [-0.4, -0.2) is 50.4 Å². The summed E-state index contributed by atoms with van der Waals surface area (Å²) >= 11 is 2.13. The molecule has 1 heterocycles. The van der Waals surface area contributed by atoms with Crippen LogP contribution >= 0.6 is 11.8 Å². The molecule has 0 spiro atoms. The summed E-state index contributed by atoms with van der Waals surface area (Å²) in [6.07, 6.45) is 5.46. The lowest BCUT2D eigenvalue weighted by atomic mass is 10.2. The van der Waals surface area contributed by atoms with Gasteiger partial charge in [0, 0.05) is 30.7 Å². The highest BCUT2D eigenvalue weighted by atomic mass is 32.2. The van der Waals surface area contributed by atoms with Crippen LogP contribution < -0.4 is 10.6 Å². The molecule has 3 nitrogen and oxygen atoms in total. The first-order chi connectivity index (χ1) is 8.45. The Morgan fingerprint density at radius 2 is 1.94 bits per heavy atom. The Morgan fingerprint density at radius 3 is 2.71 bits per heavy atom.